The van der Waals surface area contributed by atoms with Gasteiger partial charge >= 0.3 is 0 Å². The summed E-state index contributed by atoms with van der Waals surface area (Å²) < 4.78 is 30.6. The quantitative estimate of drug-likeness (QED) is 0.925. The fourth-order valence-corrected chi connectivity index (χ4v) is 3.48. The van der Waals surface area contributed by atoms with E-state index in [1.165, 1.54) is 12.1 Å². The number of nitrogens with one attached hydrogen (secondary N) is 1. The second kappa shape index (κ2) is 7.42. The summed E-state index contributed by atoms with van der Waals surface area (Å²) in [6, 6.07) is 12.7. The van der Waals surface area contributed by atoms with Crippen molar-refractivity contribution in [2.24, 2.45) is 0 Å². The maximum atomic E-state index is 13.2. The summed E-state index contributed by atoms with van der Waals surface area (Å²) in [5.41, 5.74) is 2.20. The highest BCUT2D eigenvalue weighted by Gasteiger charge is 2.27. The molecule has 2 aliphatic heterocycles. The highest BCUT2D eigenvalue weighted by Crippen LogP contribution is 2.32. The van der Waals surface area contributed by atoms with Crippen LogP contribution in [0, 0.1) is 5.82 Å². The first-order valence-corrected chi connectivity index (χ1v) is 8.76. The molecule has 2 aliphatic rings. The Labute approximate surface area is 146 Å². The van der Waals surface area contributed by atoms with Gasteiger partial charge in [0.2, 0.25) is 0 Å². The van der Waals surface area contributed by atoms with E-state index in [2.05, 4.69) is 5.32 Å². The number of ether oxygens (including phenoxy) is 3. The van der Waals surface area contributed by atoms with E-state index in [1.807, 2.05) is 30.3 Å². The standard InChI is InChI=1S/C20H22FNO3/c21-16-4-2-15(3-5-16)17-7-8-22-12-20(17)25-13-14-1-6-18-19(11-14)24-10-9-23-18/h1-6,11,17,20,22H,7-10,12-13H2. The molecule has 0 saturated carbocycles. The maximum Gasteiger partial charge on any atom is 0.161 e. The third-order valence-electron chi connectivity index (χ3n) is 4.80. The molecule has 0 aromatic heterocycles. The van der Waals surface area contributed by atoms with Crippen LogP contribution in [0.4, 0.5) is 4.39 Å². The number of rotatable bonds is 4. The molecule has 0 aliphatic carbocycles. The van der Waals surface area contributed by atoms with Crippen LogP contribution < -0.4 is 14.8 Å². The van der Waals surface area contributed by atoms with Crippen molar-refractivity contribution in [3.05, 3.63) is 59.4 Å². The van der Waals surface area contributed by atoms with Crippen LogP contribution in [0.25, 0.3) is 0 Å². The van der Waals surface area contributed by atoms with Gasteiger partial charge in [-0.2, -0.15) is 0 Å². The van der Waals surface area contributed by atoms with Crippen molar-refractivity contribution >= 4 is 0 Å². The van der Waals surface area contributed by atoms with Crippen LogP contribution in [0.3, 0.4) is 0 Å². The lowest BCUT2D eigenvalue weighted by Gasteiger charge is -2.32. The Morgan fingerprint density at radius 2 is 1.84 bits per heavy atom. The first kappa shape index (κ1) is 16.4. The van der Waals surface area contributed by atoms with Gasteiger partial charge in [-0.1, -0.05) is 18.2 Å². The number of hydrogen-bond donors (Lipinski definition) is 1. The minimum Gasteiger partial charge on any atom is -0.486 e. The summed E-state index contributed by atoms with van der Waals surface area (Å²) in [6.45, 7) is 3.44. The van der Waals surface area contributed by atoms with Crippen LogP contribution in [0.1, 0.15) is 23.5 Å². The Kier molecular flexibility index (Phi) is 4.85. The van der Waals surface area contributed by atoms with Gasteiger partial charge in [0, 0.05) is 12.5 Å². The van der Waals surface area contributed by atoms with Crippen molar-refractivity contribution in [3.8, 4) is 11.5 Å². The van der Waals surface area contributed by atoms with Crippen LogP contribution in [-0.2, 0) is 11.3 Å². The van der Waals surface area contributed by atoms with E-state index in [4.69, 9.17) is 14.2 Å². The number of halogens is 1. The van der Waals surface area contributed by atoms with Gasteiger partial charge < -0.3 is 19.5 Å². The fourth-order valence-electron chi connectivity index (χ4n) is 3.48. The van der Waals surface area contributed by atoms with Gasteiger partial charge in [-0.25, -0.2) is 4.39 Å². The molecule has 4 nitrogen and oxygen atoms in total. The summed E-state index contributed by atoms with van der Waals surface area (Å²) in [7, 11) is 0. The van der Waals surface area contributed by atoms with Crippen LogP contribution in [0.2, 0.25) is 0 Å². The molecule has 2 atom stereocenters. The Balaban J connectivity index is 1.44. The predicted molar refractivity (Wildman–Crippen MR) is 92.6 cm³/mol. The SMILES string of the molecule is Fc1ccc(C2CCNCC2OCc2ccc3c(c2)OCCO3)cc1. The van der Waals surface area contributed by atoms with Gasteiger partial charge in [0.1, 0.15) is 19.0 Å². The smallest absolute Gasteiger partial charge is 0.161 e. The van der Waals surface area contributed by atoms with Crippen molar-refractivity contribution in [2.45, 2.75) is 25.0 Å². The monoisotopic (exact) mass is 343 g/mol. The van der Waals surface area contributed by atoms with Crippen molar-refractivity contribution in [3.63, 3.8) is 0 Å². The lowest BCUT2D eigenvalue weighted by molar-refractivity contribution is 0.0104. The molecular weight excluding hydrogens is 321 g/mol. The third-order valence-corrected chi connectivity index (χ3v) is 4.80. The summed E-state index contributed by atoms with van der Waals surface area (Å²) in [6.07, 6.45) is 1.05. The van der Waals surface area contributed by atoms with E-state index in [9.17, 15) is 4.39 Å². The van der Waals surface area contributed by atoms with Gasteiger partial charge in [0.05, 0.1) is 12.7 Å². The van der Waals surface area contributed by atoms with Crippen LogP contribution in [0.15, 0.2) is 42.5 Å². The highest BCUT2D eigenvalue weighted by atomic mass is 19.1. The molecule has 1 fully saturated rings. The summed E-state index contributed by atoms with van der Waals surface area (Å²) in [5, 5.41) is 3.39. The van der Waals surface area contributed by atoms with E-state index < -0.39 is 0 Å². The molecule has 2 heterocycles. The summed E-state index contributed by atoms with van der Waals surface area (Å²) in [4.78, 5) is 0. The predicted octanol–water partition coefficient (Wildman–Crippen LogP) is 3.26. The molecule has 4 rings (SSSR count). The van der Waals surface area contributed by atoms with E-state index in [0.717, 1.165) is 42.1 Å². The second-order valence-electron chi connectivity index (χ2n) is 6.48. The lowest BCUT2D eigenvalue weighted by atomic mass is 9.88. The van der Waals surface area contributed by atoms with E-state index in [1.54, 1.807) is 0 Å². The first-order chi connectivity index (χ1) is 12.3. The highest BCUT2D eigenvalue weighted by molar-refractivity contribution is 5.43. The average Bonchev–Trinajstić information content (AvgIpc) is 2.67. The largest absolute Gasteiger partial charge is 0.486 e. The normalized spacial score (nSPS) is 22.6. The Hall–Kier alpha value is -2.11. The molecule has 0 radical (unpaired) electrons. The molecule has 5 heteroatoms. The number of benzene rings is 2. The van der Waals surface area contributed by atoms with E-state index >= 15 is 0 Å². The van der Waals surface area contributed by atoms with Gasteiger partial charge in [0.25, 0.3) is 0 Å². The third kappa shape index (κ3) is 3.78. The minimum atomic E-state index is -0.202. The summed E-state index contributed by atoms with van der Waals surface area (Å²) >= 11 is 0. The second-order valence-corrected chi connectivity index (χ2v) is 6.48. The Morgan fingerprint density at radius 1 is 1.04 bits per heavy atom. The molecule has 0 amide bonds. The van der Waals surface area contributed by atoms with Crippen molar-refractivity contribution in [2.75, 3.05) is 26.3 Å². The first-order valence-electron chi connectivity index (χ1n) is 8.76. The molecule has 132 valence electrons. The topological polar surface area (TPSA) is 39.7 Å². The Bertz CT molecular complexity index is 719. The van der Waals surface area contributed by atoms with E-state index in [0.29, 0.717) is 19.8 Å². The molecule has 0 bridgehead atoms. The van der Waals surface area contributed by atoms with Crippen molar-refractivity contribution in [1.82, 2.24) is 5.32 Å². The molecule has 2 aromatic carbocycles. The zero-order valence-electron chi connectivity index (χ0n) is 14.0. The van der Waals surface area contributed by atoms with Crippen LogP contribution in [0.5, 0.6) is 11.5 Å². The lowest BCUT2D eigenvalue weighted by Crippen LogP contribution is -2.40. The number of piperidine rings is 1. The molecule has 0 spiro atoms. The number of hydrogen-bond acceptors (Lipinski definition) is 4. The van der Waals surface area contributed by atoms with Gasteiger partial charge in [-0.05, 0) is 48.4 Å². The molecule has 25 heavy (non-hydrogen) atoms. The minimum absolute atomic E-state index is 0.0624. The molecule has 2 aromatic rings. The van der Waals surface area contributed by atoms with Crippen LogP contribution >= 0.6 is 0 Å². The summed E-state index contributed by atoms with van der Waals surface area (Å²) in [5.74, 6) is 1.65. The molecular formula is C20H22FNO3. The average molecular weight is 343 g/mol. The Morgan fingerprint density at radius 3 is 2.68 bits per heavy atom. The van der Waals surface area contributed by atoms with Gasteiger partial charge in [-0.3, -0.25) is 0 Å². The maximum absolute atomic E-state index is 13.2. The van der Waals surface area contributed by atoms with E-state index in [-0.39, 0.29) is 17.8 Å². The zero-order chi connectivity index (χ0) is 17.1. The van der Waals surface area contributed by atoms with Crippen molar-refractivity contribution in [1.29, 1.82) is 0 Å². The molecule has 2 unspecified atom stereocenters. The van der Waals surface area contributed by atoms with Crippen LogP contribution in [-0.4, -0.2) is 32.4 Å². The van der Waals surface area contributed by atoms with Crippen molar-refractivity contribution < 1.29 is 18.6 Å². The molecule has 1 saturated heterocycles. The van der Waals surface area contributed by atoms with Gasteiger partial charge in [-0.15, -0.1) is 0 Å². The number of fused-ring (bicyclic) bond motifs is 1. The molecule has 1 N–H and O–H groups in total. The van der Waals surface area contributed by atoms with Gasteiger partial charge in [0.15, 0.2) is 11.5 Å². The fraction of sp³-hybridized carbons (Fsp3) is 0.400. The zero-order valence-corrected chi connectivity index (χ0v) is 14.0.